The van der Waals surface area contributed by atoms with E-state index in [1.165, 1.54) is 0 Å². The van der Waals surface area contributed by atoms with Gasteiger partial charge in [0.1, 0.15) is 5.60 Å². The molecule has 1 N–H and O–H groups in total. The lowest BCUT2D eigenvalue weighted by molar-refractivity contribution is -0.164. The molecule has 1 saturated heterocycles. The number of carbonyl (C=O) groups excluding carboxylic acids is 2. The van der Waals surface area contributed by atoms with Crippen LogP contribution < -0.4 is 0 Å². The Kier molecular flexibility index (Phi) is 6.04. The van der Waals surface area contributed by atoms with Crippen molar-refractivity contribution in [1.29, 1.82) is 0 Å². The first-order valence-corrected chi connectivity index (χ1v) is 17.1. The van der Waals surface area contributed by atoms with Crippen LogP contribution in [0.1, 0.15) is 74.9 Å². The monoisotopic (exact) mass is 601 g/mol. The molecule has 2 bridgehead atoms. The number of aliphatic hydroxyl groups excluding tert-OH is 1. The molecule has 3 saturated carbocycles. The molecule has 8 atom stereocenters. The van der Waals surface area contributed by atoms with Crippen molar-refractivity contribution in [3.05, 3.63) is 59.0 Å². The van der Waals surface area contributed by atoms with E-state index in [9.17, 15) is 14.7 Å². The maximum atomic E-state index is 14.9. The number of methoxy groups -OCH3 is 1. The summed E-state index contributed by atoms with van der Waals surface area (Å²) in [6, 6.07) is 10.3. The summed E-state index contributed by atoms with van der Waals surface area (Å²) in [6.07, 6.45) is 13.6. The van der Waals surface area contributed by atoms with Gasteiger partial charge < -0.3 is 19.5 Å². The van der Waals surface area contributed by atoms with Crippen LogP contribution in [-0.2, 0) is 9.47 Å². The second-order valence-corrected chi connectivity index (χ2v) is 16.0. The van der Waals surface area contributed by atoms with Gasteiger partial charge in [0.2, 0.25) is 0 Å². The Balaban J connectivity index is 1.25. The molecule has 43 heavy (non-hydrogen) atoms. The minimum atomic E-state index is -0.545. The molecule has 3 spiro atoms. The van der Waals surface area contributed by atoms with Gasteiger partial charge >= 0.3 is 6.09 Å². The molecule has 6 aliphatic carbocycles. The zero-order chi connectivity index (χ0) is 29.8. The van der Waals surface area contributed by atoms with E-state index in [4.69, 9.17) is 9.47 Å². The van der Waals surface area contributed by atoms with Crippen molar-refractivity contribution in [3.63, 3.8) is 0 Å². The van der Waals surface area contributed by atoms with Crippen molar-refractivity contribution in [2.75, 3.05) is 26.8 Å². The number of ether oxygens (including phenoxy) is 2. The Hall–Kier alpha value is -2.48. The number of carbonyl (C=O) groups is 2. The summed E-state index contributed by atoms with van der Waals surface area (Å²) >= 11 is 1.59. The summed E-state index contributed by atoms with van der Waals surface area (Å²) in [7, 11) is 1.69. The molecule has 228 valence electrons. The molecule has 1 aromatic carbocycles. The summed E-state index contributed by atoms with van der Waals surface area (Å²) in [6.45, 7) is 6.68. The van der Waals surface area contributed by atoms with Gasteiger partial charge in [0.05, 0.1) is 17.5 Å². The molecule has 4 fully saturated rings. The second kappa shape index (κ2) is 9.27. The Morgan fingerprint density at radius 3 is 2.67 bits per heavy atom. The third kappa shape index (κ3) is 3.48. The molecule has 2 heterocycles. The number of ketones is 1. The van der Waals surface area contributed by atoms with Crippen LogP contribution >= 0.6 is 11.3 Å². The number of thiophene rings is 1. The lowest BCUT2D eigenvalue weighted by Crippen LogP contribution is -2.67. The van der Waals surface area contributed by atoms with Crippen LogP contribution in [0.4, 0.5) is 4.79 Å². The fourth-order valence-electron chi connectivity index (χ4n) is 11.2. The van der Waals surface area contributed by atoms with Gasteiger partial charge in [-0.15, -0.1) is 11.3 Å². The molecule has 1 aliphatic heterocycles. The lowest BCUT2D eigenvalue weighted by Gasteiger charge is -2.71. The molecular formula is C36H43NO5S. The van der Waals surface area contributed by atoms with E-state index in [2.05, 4.69) is 50.3 Å². The minimum Gasteiger partial charge on any atom is -0.440 e. The van der Waals surface area contributed by atoms with Gasteiger partial charge in [-0.3, -0.25) is 4.79 Å². The first-order chi connectivity index (χ1) is 20.6. The van der Waals surface area contributed by atoms with E-state index in [0.29, 0.717) is 32.0 Å². The lowest BCUT2D eigenvalue weighted by atomic mass is 9.32. The molecule has 9 rings (SSSR count). The number of allylic oxidation sites excluding steroid dienone is 4. The fraction of sp³-hybridized carbons (Fsp3) is 0.611. The molecule has 7 heteroatoms. The van der Waals surface area contributed by atoms with Crippen LogP contribution in [0.15, 0.2) is 54.1 Å². The average molecular weight is 602 g/mol. The number of Topliss-reactive ketones (excluding diaryl/α,β-unsaturated/α-hetero) is 1. The van der Waals surface area contributed by atoms with Crippen LogP contribution in [0.2, 0.25) is 0 Å². The van der Waals surface area contributed by atoms with Crippen molar-refractivity contribution in [2.45, 2.75) is 76.9 Å². The van der Waals surface area contributed by atoms with Crippen LogP contribution in [0, 0.1) is 33.5 Å². The number of hydrogen-bond donors (Lipinski definition) is 1. The van der Waals surface area contributed by atoms with Gasteiger partial charge in [0.15, 0.2) is 5.78 Å². The van der Waals surface area contributed by atoms with Gasteiger partial charge in [-0.05, 0) is 86.1 Å². The number of rotatable bonds is 6. The number of nitrogens with zero attached hydrogens (tertiary/aromatic N) is 1. The van der Waals surface area contributed by atoms with Gasteiger partial charge in [-0.25, -0.2) is 4.79 Å². The van der Waals surface area contributed by atoms with Crippen molar-refractivity contribution >= 4 is 33.3 Å². The average Bonchev–Trinajstić information content (AvgIpc) is 3.66. The van der Waals surface area contributed by atoms with Crippen molar-refractivity contribution in [1.82, 2.24) is 4.90 Å². The molecule has 1 amide bonds. The SMILES string of the molecule is COCCCN1CC2(CCC3C45C=CC6(C=C4C(=O)c4cc7ccccc7s4)CC(O)CCC6(C)C5CCC32C)OC1=O. The van der Waals surface area contributed by atoms with Gasteiger partial charge in [0.25, 0.3) is 0 Å². The smallest absolute Gasteiger partial charge is 0.410 e. The third-order valence-electron chi connectivity index (χ3n) is 13.3. The Morgan fingerprint density at radius 1 is 1.09 bits per heavy atom. The molecule has 0 radical (unpaired) electrons. The van der Waals surface area contributed by atoms with Crippen molar-refractivity contribution < 1.29 is 24.2 Å². The molecule has 8 unspecified atom stereocenters. The number of hydrogen-bond acceptors (Lipinski definition) is 6. The predicted octanol–water partition coefficient (Wildman–Crippen LogP) is 7.17. The standard InChI is InChI=1S/C36H43NO5S/c1-32-12-9-24(38)20-34(32)15-16-36(25(21-34)30(39)27-19-23-7-4-5-8-26(23)43-27)28(32)10-13-33(2)29(36)11-14-35(33)22-37(31(40)42-35)17-6-18-41-3/h4-5,7-8,15-16,19,21,24,28-29,38H,6,9-14,17-18,20,22H2,1-3H3. The highest BCUT2D eigenvalue weighted by atomic mass is 32.1. The largest absolute Gasteiger partial charge is 0.440 e. The van der Waals surface area contributed by atoms with Crippen molar-refractivity contribution in [2.24, 2.45) is 33.5 Å². The topological polar surface area (TPSA) is 76.1 Å². The molecule has 2 aromatic rings. The quantitative estimate of drug-likeness (QED) is 0.216. The van der Waals surface area contributed by atoms with Crippen LogP contribution in [0.3, 0.4) is 0 Å². The minimum absolute atomic E-state index is 0.0272. The molecule has 7 aliphatic rings. The van der Waals surface area contributed by atoms with E-state index < -0.39 is 11.0 Å². The number of aliphatic hydroxyl groups is 1. The Bertz CT molecular complexity index is 1540. The summed E-state index contributed by atoms with van der Waals surface area (Å²) in [5, 5.41) is 12.1. The maximum absolute atomic E-state index is 14.9. The maximum Gasteiger partial charge on any atom is 0.410 e. The predicted molar refractivity (Wildman–Crippen MR) is 167 cm³/mol. The first kappa shape index (κ1) is 28.0. The molecule has 1 aromatic heterocycles. The molecular weight excluding hydrogens is 558 g/mol. The highest BCUT2D eigenvalue weighted by molar-refractivity contribution is 7.21. The van der Waals surface area contributed by atoms with Crippen molar-refractivity contribution in [3.8, 4) is 0 Å². The first-order valence-electron chi connectivity index (χ1n) is 16.2. The fourth-order valence-corrected chi connectivity index (χ4v) is 12.2. The van der Waals surface area contributed by atoms with E-state index >= 15 is 0 Å². The highest BCUT2D eigenvalue weighted by Crippen LogP contribution is 2.79. The number of amides is 1. The number of fused-ring (bicyclic) bond motifs is 3. The van der Waals surface area contributed by atoms with Crippen LogP contribution in [0.5, 0.6) is 0 Å². The van der Waals surface area contributed by atoms with Gasteiger partial charge in [0, 0.05) is 46.8 Å². The van der Waals surface area contributed by atoms with Crippen LogP contribution in [-0.4, -0.2) is 60.4 Å². The summed E-state index contributed by atoms with van der Waals surface area (Å²) in [5.41, 5.74) is -0.621. The van der Waals surface area contributed by atoms with E-state index in [0.717, 1.165) is 65.5 Å². The summed E-state index contributed by atoms with van der Waals surface area (Å²) in [4.78, 5) is 30.8. The zero-order valence-corrected chi connectivity index (χ0v) is 26.4. The third-order valence-corrected chi connectivity index (χ3v) is 14.5. The Morgan fingerprint density at radius 2 is 1.86 bits per heavy atom. The normalized spacial score (nSPS) is 42.6. The van der Waals surface area contributed by atoms with E-state index in [1.807, 2.05) is 17.0 Å². The molecule has 6 nitrogen and oxygen atoms in total. The second-order valence-electron chi connectivity index (χ2n) is 14.9. The van der Waals surface area contributed by atoms with Gasteiger partial charge in [-0.1, -0.05) is 50.3 Å². The summed E-state index contributed by atoms with van der Waals surface area (Å²) < 4.78 is 12.9. The Labute approximate surface area is 258 Å². The van der Waals surface area contributed by atoms with Crippen LogP contribution in [0.25, 0.3) is 10.1 Å². The number of benzene rings is 1. The van der Waals surface area contributed by atoms with E-state index in [1.54, 1.807) is 18.4 Å². The summed E-state index contributed by atoms with van der Waals surface area (Å²) in [5.74, 6) is 0.638. The van der Waals surface area contributed by atoms with Gasteiger partial charge in [-0.2, -0.15) is 0 Å². The zero-order valence-electron chi connectivity index (χ0n) is 25.6. The highest BCUT2D eigenvalue weighted by Gasteiger charge is 2.76. The van der Waals surface area contributed by atoms with E-state index in [-0.39, 0.29) is 40.1 Å².